The van der Waals surface area contributed by atoms with Crippen molar-refractivity contribution in [2.75, 3.05) is 13.1 Å². The van der Waals surface area contributed by atoms with Crippen LogP contribution >= 0.6 is 0 Å². The average molecular weight is 316 g/mol. The van der Waals surface area contributed by atoms with E-state index in [1.54, 1.807) is 0 Å². The Bertz CT molecular complexity index is 681. The summed E-state index contributed by atoms with van der Waals surface area (Å²) in [7, 11) is -4.11. The molecular weight excluding hydrogens is 303 g/mol. The van der Waals surface area contributed by atoms with Crippen molar-refractivity contribution < 1.29 is 22.5 Å². The number of sulfonamides is 1. The zero-order chi connectivity index (χ0) is 15.2. The molecule has 2 heterocycles. The molecule has 7 nitrogen and oxygen atoms in total. The van der Waals surface area contributed by atoms with E-state index in [1.165, 1.54) is 0 Å². The number of fused-ring (bicyclic) bond motifs is 2. The molecule has 0 aliphatic carbocycles. The Labute approximate surface area is 120 Å². The van der Waals surface area contributed by atoms with E-state index < -0.39 is 31.3 Å². The number of morpholine rings is 1. The topological polar surface area (TPSA) is 89.8 Å². The molecule has 21 heavy (non-hydrogen) atoms. The molecule has 0 N–H and O–H groups in total. The maximum Gasteiger partial charge on any atom is 0.324 e. The molecule has 0 aromatic heterocycles. The Hall–Kier alpha value is -1.58. The fraction of sp³-hybridized carbons (Fsp3) is 0.500. The molecule has 2 saturated heterocycles. The number of ether oxygens (including phenoxy) is 1. The first kappa shape index (κ1) is 14.4. The molecule has 1 aromatic rings. The van der Waals surface area contributed by atoms with Crippen LogP contribution in [0.15, 0.2) is 23.1 Å². The molecule has 2 aliphatic rings. The fourth-order valence-corrected chi connectivity index (χ4v) is 4.46. The highest BCUT2D eigenvalue weighted by molar-refractivity contribution is 7.89. The normalized spacial score (nSPS) is 26.0. The van der Waals surface area contributed by atoms with Gasteiger partial charge in [0.15, 0.2) is 4.90 Å². The number of nitrogens with zero attached hydrogens (tertiary/aromatic N) is 2. The van der Waals surface area contributed by atoms with Gasteiger partial charge in [-0.25, -0.2) is 8.42 Å². The Morgan fingerprint density at radius 1 is 1.29 bits per heavy atom. The zero-order valence-corrected chi connectivity index (χ0v) is 11.8. The monoisotopic (exact) mass is 316 g/mol. The summed E-state index contributed by atoms with van der Waals surface area (Å²) in [6.07, 6.45) is 1.15. The molecule has 2 unspecified atom stereocenters. The molecule has 0 amide bonds. The molecule has 2 bridgehead atoms. The molecule has 1 aromatic carbocycles. The van der Waals surface area contributed by atoms with Crippen molar-refractivity contribution in [3.63, 3.8) is 0 Å². The van der Waals surface area contributed by atoms with Crippen molar-refractivity contribution in [1.82, 2.24) is 4.31 Å². The van der Waals surface area contributed by atoms with Crippen LogP contribution in [-0.4, -0.2) is 42.9 Å². The minimum Gasteiger partial charge on any atom is -0.372 e. The first-order chi connectivity index (χ1) is 9.89. The van der Waals surface area contributed by atoms with Gasteiger partial charge in [-0.05, 0) is 25.0 Å². The van der Waals surface area contributed by atoms with Crippen molar-refractivity contribution in [3.8, 4) is 0 Å². The predicted octanol–water partition coefficient (Wildman–Crippen LogP) is 1.29. The van der Waals surface area contributed by atoms with Crippen LogP contribution in [0.25, 0.3) is 0 Å². The van der Waals surface area contributed by atoms with E-state index in [-0.39, 0.29) is 25.3 Å². The smallest absolute Gasteiger partial charge is 0.324 e. The van der Waals surface area contributed by atoms with E-state index in [0.717, 1.165) is 35.3 Å². The van der Waals surface area contributed by atoms with Crippen molar-refractivity contribution in [1.29, 1.82) is 0 Å². The molecule has 3 rings (SSSR count). The van der Waals surface area contributed by atoms with Crippen molar-refractivity contribution in [2.24, 2.45) is 0 Å². The van der Waals surface area contributed by atoms with Gasteiger partial charge in [0.2, 0.25) is 15.8 Å². The standard InChI is InChI=1S/C12H13FN2O5S/c13-10-2-1-3-11(12(10)15(16)17)21(18,19)14-6-8-4-5-9(7-14)20-8/h1-3,8-9H,4-7H2. The summed E-state index contributed by atoms with van der Waals surface area (Å²) >= 11 is 0. The third-order valence-electron chi connectivity index (χ3n) is 3.76. The van der Waals surface area contributed by atoms with Crippen LogP contribution in [0.3, 0.4) is 0 Å². The minimum absolute atomic E-state index is 0.145. The van der Waals surface area contributed by atoms with Gasteiger partial charge in [0.25, 0.3) is 0 Å². The van der Waals surface area contributed by atoms with Crippen LogP contribution < -0.4 is 0 Å². The molecule has 2 atom stereocenters. The second-order valence-corrected chi connectivity index (χ2v) is 7.03. The van der Waals surface area contributed by atoms with E-state index in [2.05, 4.69) is 0 Å². The molecule has 0 spiro atoms. The highest BCUT2D eigenvalue weighted by Gasteiger charge is 2.42. The lowest BCUT2D eigenvalue weighted by Gasteiger charge is -2.31. The summed E-state index contributed by atoms with van der Waals surface area (Å²) < 4.78 is 45.5. The Kier molecular flexibility index (Phi) is 3.42. The lowest BCUT2D eigenvalue weighted by atomic mass is 10.2. The number of nitro benzene ring substituents is 1. The van der Waals surface area contributed by atoms with Gasteiger partial charge in [0.05, 0.1) is 17.1 Å². The highest BCUT2D eigenvalue weighted by atomic mass is 32.2. The predicted molar refractivity (Wildman–Crippen MR) is 69.7 cm³/mol. The minimum atomic E-state index is -4.11. The zero-order valence-electron chi connectivity index (χ0n) is 10.9. The van der Waals surface area contributed by atoms with Crippen molar-refractivity contribution in [2.45, 2.75) is 29.9 Å². The maximum atomic E-state index is 13.6. The number of benzene rings is 1. The maximum absolute atomic E-state index is 13.6. The van der Waals surface area contributed by atoms with Crippen molar-refractivity contribution in [3.05, 3.63) is 34.1 Å². The largest absolute Gasteiger partial charge is 0.372 e. The fourth-order valence-electron chi connectivity index (χ4n) is 2.79. The Balaban J connectivity index is 2.03. The van der Waals surface area contributed by atoms with E-state index >= 15 is 0 Å². The van der Waals surface area contributed by atoms with Gasteiger partial charge in [-0.15, -0.1) is 0 Å². The van der Waals surface area contributed by atoms with E-state index in [1.807, 2.05) is 0 Å². The number of para-hydroxylation sites is 1. The Morgan fingerprint density at radius 2 is 1.90 bits per heavy atom. The van der Waals surface area contributed by atoms with Crippen LogP contribution in [0.5, 0.6) is 0 Å². The third kappa shape index (κ3) is 2.41. The lowest BCUT2D eigenvalue weighted by molar-refractivity contribution is -0.390. The summed E-state index contributed by atoms with van der Waals surface area (Å²) in [4.78, 5) is 9.37. The van der Waals surface area contributed by atoms with Gasteiger partial charge in [-0.3, -0.25) is 10.1 Å². The summed E-state index contributed by atoms with van der Waals surface area (Å²) in [5, 5.41) is 11.0. The molecule has 114 valence electrons. The van der Waals surface area contributed by atoms with Gasteiger partial charge < -0.3 is 4.74 Å². The Morgan fingerprint density at radius 3 is 2.48 bits per heavy atom. The summed E-state index contributed by atoms with van der Waals surface area (Å²) in [5.74, 6) is -1.16. The molecule has 0 saturated carbocycles. The van der Waals surface area contributed by atoms with Crippen LogP contribution in [0, 0.1) is 15.9 Å². The summed E-state index contributed by atoms with van der Waals surface area (Å²) in [6.45, 7) is 0.291. The molecule has 2 aliphatic heterocycles. The van der Waals surface area contributed by atoms with Gasteiger partial charge in [-0.2, -0.15) is 8.70 Å². The van der Waals surface area contributed by atoms with Gasteiger partial charge in [-0.1, -0.05) is 6.07 Å². The average Bonchev–Trinajstić information content (AvgIpc) is 2.76. The second-order valence-electron chi connectivity index (χ2n) is 5.12. The van der Waals surface area contributed by atoms with Gasteiger partial charge >= 0.3 is 5.69 Å². The molecular formula is C12H13FN2O5S. The molecule has 9 heteroatoms. The number of halogens is 1. The number of hydrogen-bond donors (Lipinski definition) is 0. The van der Waals surface area contributed by atoms with Crippen LogP contribution in [0.2, 0.25) is 0 Å². The highest BCUT2D eigenvalue weighted by Crippen LogP contribution is 2.33. The van der Waals surface area contributed by atoms with E-state index in [0.29, 0.717) is 0 Å². The molecule has 0 radical (unpaired) electrons. The van der Waals surface area contributed by atoms with E-state index in [4.69, 9.17) is 4.74 Å². The van der Waals surface area contributed by atoms with Gasteiger partial charge in [0, 0.05) is 13.1 Å². The second kappa shape index (κ2) is 5.00. The summed E-state index contributed by atoms with van der Waals surface area (Å²) in [6, 6.07) is 3.10. The molecule has 2 fully saturated rings. The number of nitro groups is 1. The number of hydrogen-bond acceptors (Lipinski definition) is 5. The van der Waals surface area contributed by atoms with Crippen LogP contribution in [-0.2, 0) is 14.8 Å². The lowest BCUT2D eigenvalue weighted by Crippen LogP contribution is -2.45. The third-order valence-corrected chi connectivity index (χ3v) is 5.62. The SMILES string of the molecule is O=[N+]([O-])c1c(F)cccc1S(=O)(=O)N1CC2CCC(C1)O2. The van der Waals surface area contributed by atoms with Crippen LogP contribution in [0.4, 0.5) is 10.1 Å². The van der Waals surface area contributed by atoms with E-state index in [9.17, 15) is 22.9 Å². The van der Waals surface area contributed by atoms with Gasteiger partial charge in [0.1, 0.15) is 0 Å². The van der Waals surface area contributed by atoms with Crippen molar-refractivity contribution >= 4 is 15.7 Å². The number of rotatable bonds is 3. The first-order valence-electron chi connectivity index (χ1n) is 6.48. The summed E-state index contributed by atoms with van der Waals surface area (Å²) in [5.41, 5.74) is -1.00. The quantitative estimate of drug-likeness (QED) is 0.619. The first-order valence-corrected chi connectivity index (χ1v) is 7.92. The van der Waals surface area contributed by atoms with Crippen LogP contribution in [0.1, 0.15) is 12.8 Å².